The zero-order valence-corrected chi connectivity index (χ0v) is 15.9. The van der Waals surface area contributed by atoms with E-state index in [1.807, 2.05) is 66.1 Å². The van der Waals surface area contributed by atoms with E-state index in [0.29, 0.717) is 5.16 Å². The summed E-state index contributed by atoms with van der Waals surface area (Å²) in [5, 5.41) is 11.9. The van der Waals surface area contributed by atoms with E-state index in [1.165, 1.54) is 11.8 Å². The molecule has 0 atom stereocenters. The van der Waals surface area contributed by atoms with Gasteiger partial charge in [0.1, 0.15) is 5.82 Å². The van der Waals surface area contributed by atoms with Gasteiger partial charge in [0.2, 0.25) is 5.91 Å². The second-order valence-corrected chi connectivity index (χ2v) is 7.23. The van der Waals surface area contributed by atoms with Gasteiger partial charge in [-0.3, -0.25) is 9.36 Å². The number of aromatic nitrogens is 3. The zero-order valence-electron chi connectivity index (χ0n) is 12.9. The molecule has 0 radical (unpaired) electrons. The fourth-order valence-electron chi connectivity index (χ4n) is 2.17. The maximum atomic E-state index is 12.1. The van der Waals surface area contributed by atoms with Gasteiger partial charge in [-0.1, -0.05) is 30.0 Å². The number of aryl methyl sites for hydroxylation is 1. The summed E-state index contributed by atoms with van der Waals surface area (Å²) >= 11 is 3.60. The third kappa shape index (κ3) is 4.15. The standard InChI is InChI=1S/C17H15IN4OS/c1-12-20-21-17(22(12)15-5-3-2-4-6-15)24-11-16(23)19-14-9-7-13(18)8-10-14/h2-10H,11H2,1H3,(H,19,23). The molecule has 1 heterocycles. The molecule has 0 unspecified atom stereocenters. The monoisotopic (exact) mass is 450 g/mol. The van der Waals surface area contributed by atoms with Crippen LogP contribution >= 0.6 is 34.4 Å². The molecule has 0 aliphatic heterocycles. The van der Waals surface area contributed by atoms with Crippen LogP contribution in [-0.2, 0) is 4.79 Å². The van der Waals surface area contributed by atoms with Gasteiger partial charge in [-0.25, -0.2) is 0 Å². The van der Waals surface area contributed by atoms with Crippen LogP contribution in [0.5, 0.6) is 0 Å². The Morgan fingerprint density at radius 1 is 1.12 bits per heavy atom. The average molecular weight is 450 g/mol. The van der Waals surface area contributed by atoms with E-state index in [4.69, 9.17) is 0 Å². The van der Waals surface area contributed by atoms with Gasteiger partial charge in [0.25, 0.3) is 0 Å². The number of carbonyl (C=O) groups excluding carboxylic acids is 1. The normalized spacial score (nSPS) is 10.6. The van der Waals surface area contributed by atoms with Crippen LogP contribution in [-0.4, -0.2) is 26.4 Å². The molecule has 0 bridgehead atoms. The van der Waals surface area contributed by atoms with Crippen LogP contribution in [0.4, 0.5) is 5.69 Å². The summed E-state index contributed by atoms with van der Waals surface area (Å²) in [4.78, 5) is 12.1. The lowest BCUT2D eigenvalue weighted by Gasteiger charge is -2.08. The quantitative estimate of drug-likeness (QED) is 0.473. The van der Waals surface area contributed by atoms with Gasteiger partial charge in [-0.05, 0) is 65.9 Å². The van der Waals surface area contributed by atoms with Crippen LogP contribution in [0, 0.1) is 10.5 Å². The summed E-state index contributed by atoms with van der Waals surface area (Å²) in [6, 6.07) is 17.6. The van der Waals surface area contributed by atoms with E-state index in [9.17, 15) is 4.79 Å². The Labute approximate surface area is 158 Å². The molecule has 24 heavy (non-hydrogen) atoms. The molecule has 2 aromatic carbocycles. The van der Waals surface area contributed by atoms with Crippen LogP contribution in [0.1, 0.15) is 5.82 Å². The molecule has 0 fully saturated rings. The molecule has 0 saturated heterocycles. The van der Waals surface area contributed by atoms with Gasteiger partial charge in [0, 0.05) is 14.9 Å². The van der Waals surface area contributed by atoms with Crippen LogP contribution in [0.2, 0.25) is 0 Å². The number of hydrogen-bond donors (Lipinski definition) is 1. The van der Waals surface area contributed by atoms with Gasteiger partial charge in [-0.15, -0.1) is 10.2 Å². The highest BCUT2D eigenvalue weighted by Crippen LogP contribution is 2.22. The van der Waals surface area contributed by atoms with Crippen molar-refractivity contribution in [1.82, 2.24) is 14.8 Å². The lowest BCUT2D eigenvalue weighted by Crippen LogP contribution is -2.14. The van der Waals surface area contributed by atoms with E-state index >= 15 is 0 Å². The molecule has 3 aromatic rings. The largest absolute Gasteiger partial charge is 0.325 e. The molecule has 0 aliphatic carbocycles. The van der Waals surface area contributed by atoms with Crippen molar-refractivity contribution in [3.05, 3.63) is 64.0 Å². The number of hydrogen-bond acceptors (Lipinski definition) is 4. The second-order valence-electron chi connectivity index (χ2n) is 5.04. The molecule has 1 N–H and O–H groups in total. The van der Waals surface area contributed by atoms with Crippen molar-refractivity contribution in [2.24, 2.45) is 0 Å². The Balaban J connectivity index is 1.67. The molecular formula is C17H15IN4OS. The van der Waals surface area contributed by atoms with Crippen molar-refractivity contribution in [3.63, 3.8) is 0 Å². The second kappa shape index (κ2) is 7.80. The summed E-state index contributed by atoms with van der Waals surface area (Å²) in [5.74, 6) is 1.000. The Kier molecular flexibility index (Phi) is 5.52. The van der Waals surface area contributed by atoms with Crippen LogP contribution in [0.3, 0.4) is 0 Å². The van der Waals surface area contributed by atoms with Gasteiger partial charge in [0.05, 0.1) is 5.75 Å². The first kappa shape index (κ1) is 17.0. The molecule has 7 heteroatoms. The zero-order chi connectivity index (χ0) is 16.9. The first-order valence-corrected chi connectivity index (χ1v) is 9.35. The Morgan fingerprint density at radius 2 is 1.83 bits per heavy atom. The number of nitrogens with zero attached hydrogens (tertiary/aromatic N) is 3. The first-order valence-electron chi connectivity index (χ1n) is 7.29. The van der Waals surface area contributed by atoms with E-state index in [1.54, 1.807) is 0 Å². The third-order valence-electron chi connectivity index (χ3n) is 3.27. The number of nitrogens with one attached hydrogen (secondary N) is 1. The third-order valence-corrected chi connectivity index (χ3v) is 4.92. The summed E-state index contributed by atoms with van der Waals surface area (Å²) in [5.41, 5.74) is 1.78. The number of para-hydroxylation sites is 1. The summed E-state index contributed by atoms with van der Waals surface area (Å²) in [7, 11) is 0. The number of amides is 1. The van der Waals surface area contributed by atoms with Crippen LogP contribution in [0.15, 0.2) is 59.8 Å². The Bertz CT molecular complexity index is 834. The summed E-state index contributed by atoms with van der Waals surface area (Å²) < 4.78 is 3.08. The van der Waals surface area contributed by atoms with E-state index in [2.05, 4.69) is 38.1 Å². The smallest absolute Gasteiger partial charge is 0.234 e. The molecular weight excluding hydrogens is 435 g/mol. The molecule has 3 rings (SSSR count). The van der Waals surface area contributed by atoms with Gasteiger partial charge in [0.15, 0.2) is 5.16 Å². The van der Waals surface area contributed by atoms with E-state index in [-0.39, 0.29) is 11.7 Å². The minimum atomic E-state index is -0.0681. The number of halogens is 1. The number of rotatable bonds is 5. The lowest BCUT2D eigenvalue weighted by atomic mass is 10.3. The van der Waals surface area contributed by atoms with Gasteiger partial charge in [-0.2, -0.15) is 0 Å². The molecule has 0 saturated carbocycles. The van der Waals surface area contributed by atoms with Crippen molar-refractivity contribution in [2.75, 3.05) is 11.1 Å². The predicted molar refractivity (Wildman–Crippen MR) is 105 cm³/mol. The molecule has 122 valence electrons. The van der Waals surface area contributed by atoms with Crippen LogP contribution < -0.4 is 5.32 Å². The maximum absolute atomic E-state index is 12.1. The van der Waals surface area contributed by atoms with Crippen molar-refractivity contribution < 1.29 is 4.79 Å². The average Bonchev–Trinajstić information content (AvgIpc) is 2.96. The fourth-order valence-corrected chi connectivity index (χ4v) is 3.33. The first-order chi connectivity index (χ1) is 11.6. The highest BCUT2D eigenvalue weighted by Gasteiger charge is 2.13. The number of anilines is 1. The Morgan fingerprint density at radius 3 is 2.54 bits per heavy atom. The van der Waals surface area contributed by atoms with Crippen LogP contribution in [0.25, 0.3) is 5.69 Å². The number of thioether (sulfide) groups is 1. The minimum Gasteiger partial charge on any atom is -0.325 e. The van der Waals surface area contributed by atoms with E-state index in [0.717, 1.165) is 20.8 Å². The predicted octanol–water partition coefficient (Wildman–Crippen LogP) is 3.91. The highest BCUT2D eigenvalue weighted by atomic mass is 127. The molecule has 5 nitrogen and oxygen atoms in total. The van der Waals surface area contributed by atoms with Crippen molar-refractivity contribution in [2.45, 2.75) is 12.1 Å². The topological polar surface area (TPSA) is 59.8 Å². The molecule has 0 aliphatic rings. The number of carbonyl (C=O) groups is 1. The van der Waals surface area contributed by atoms with Gasteiger partial charge >= 0.3 is 0 Å². The van der Waals surface area contributed by atoms with Crippen molar-refractivity contribution in [1.29, 1.82) is 0 Å². The van der Waals surface area contributed by atoms with E-state index < -0.39 is 0 Å². The van der Waals surface area contributed by atoms with Crippen molar-refractivity contribution in [3.8, 4) is 5.69 Å². The molecule has 1 aromatic heterocycles. The minimum absolute atomic E-state index is 0.0681. The van der Waals surface area contributed by atoms with Crippen molar-refractivity contribution >= 4 is 45.9 Å². The summed E-state index contributed by atoms with van der Waals surface area (Å²) in [6.07, 6.45) is 0. The molecule has 1 amide bonds. The maximum Gasteiger partial charge on any atom is 0.234 e. The van der Waals surface area contributed by atoms with Gasteiger partial charge < -0.3 is 5.32 Å². The lowest BCUT2D eigenvalue weighted by molar-refractivity contribution is -0.113. The summed E-state index contributed by atoms with van der Waals surface area (Å²) in [6.45, 7) is 1.90. The number of benzene rings is 2. The molecule has 0 spiro atoms. The Hall–Kier alpha value is -1.87. The highest BCUT2D eigenvalue weighted by molar-refractivity contribution is 14.1. The SMILES string of the molecule is Cc1nnc(SCC(=O)Nc2ccc(I)cc2)n1-c1ccccc1. The fraction of sp³-hybridized carbons (Fsp3) is 0.118.